The van der Waals surface area contributed by atoms with Crippen LogP contribution in [0.5, 0.6) is 5.75 Å². The lowest BCUT2D eigenvalue weighted by Crippen LogP contribution is -2.46. The van der Waals surface area contributed by atoms with Crippen molar-refractivity contribution in [2.24, 2.45) is 0 Å². The van der Waals surface area contributed by atoms with Gasteiger partial charge in [0, 0.05) is 18.1 Å². The van der Waals surface area contributed by atoms with E-state index in [2.05, 4.69) is 5.32 Å². The average molecular weight is 313 g/mol. The molecule has 1 aromatic rings. The van der Waals surface area contributed by atoms with Gasteiger partial charge < -0.3 is 19.7 Å². The van der Waals surface area contributed by atoms with Gasteiger partial charge in [0.2, 0.25) is 5.91 Å². The minimum atomic E-state index is -0.341. The first-order valence-electron chi connectivity index (χ1n) is 6.66. The van der Waals surface area contributed by atoms with Crippen LogP contribution in [0.4, 0.5) is 0 Å². The molecule has 1 fully saturated rings. The van der Waals surface area contributed by atoms with E-state index < -0.39 is 0 Å². The smallest absolute Gasteiger partial charge is 0.258 e. The summed E-state index contributed by atoms with van der Waals surface area (Å²) in [6, 6.07) is 6.70. The molecule has 2 rings (SSSR count). The number of ether oxygens (including phenoxy) is 2. The van der Waals surface area contributed by atoms with Crippen LogP contribution in [0.2, 0.25) is 5.02 Å². The maximum absolute atomic E-state index is 11.8. The first-order chi connectivity index (χ1) is 10.1. The minimum absolute atomic E-state index is 0.0250. The van der Waals surface area contributed by atoms with Crippen LogP contribution in [0, 0.1) is 0 Å². The van der Waals surface area contributed by atoms with Crippen molar-refractivity contribution in [3.63, 3.8) is 0 Å². The summed E-state index contributed by atoms with van der Waals surface area (Å²) in [7, 11) is 0. The number of nitrogens with zero attached hydrogens (tertiary/aromatic N) is 1. The number of carbonyl (C=O) groups excluding carboxylic acids is 2. The first-order valence-corrected chi connectivity index (χ1v) is 7.03. The van der Waals surface area contributed by atoms with Gasteiger partial charge in [-0.25, -0.2) is 0 Å². The summed E-state index contributed by atoms with van der Waals surface area (Å²) >= 11 is 5.75. The summed E-state index contributed by atoms with van der Waals surface area (Å²) in [5.41, 5.74) is 0. The van der Waals surface area contributed by atoms with Gasteiger partial charge in [0.15, 0.2) is 6.61 Å². The van der Waals surface area contributed by atoms with Crippen molar-refractivity contribution in [1.82, 2.24) is 10.2 Å². The average Bonchev–Trinajstić information content (AvgIpc) is 2.53. The molecule has 0 spiro atoms. The Hall–Kier alpha value is -1.79. The van der Waals surface area contributed by atoms with Crippen molar-refractivity contribution in [3.05, 3.63) is 29.3 Å². The number of hydrogen-bond donors (Lipinski definition) is 1. The summed E-state index contributed by atoms with van der Waals surface area (Å²) in [5.74, 6) is 0.0961. The van der Waals surface area contributed by atoms with E-state index in [1.165, 1.54) is 0 Å². The molecule has 0 unspecified atom stereocenters. The van der Waals surface area contributed by atoms with E-state index in [0.29, 0.717) is 37.1 Å². The van der Waals surface area contributed by atoms with E-state index in [0.717, 1.165) is 0 Å². The first kappa shape index (κ1) is 15.6. The van der Waals surface area contributed by atoms with Crippen LogP contribution in [-0.2, 0) is 14.3 Å². The maximum Gasteiger partial charge on any atom is 0.258 e. The molecule has 1 aromatic carbocycles. The summed E-state index contributed by atoms with van der Waals surface area (Å²) < 4.78 is 10.4. The molecule has 1 N–H and O–H groups in total. The van der Waals surface area contributed by atoms with Crippen molar-refractivity contribution in [2.45, 2.75) is 0 Å². The van der Waals surface area contributed by atoms with Crippen LogP contribution in [0.25, 0.3) is 0 Å². The lowest BCUT2D eigenvalue weighted by molar-refractivity contribution is -0.136. The topological polar surface area (TPSA) is 67.9 Å². The van der Waals surface area contributed by atoms with Crippen LogP contribution < -0.4 is 10.1 Å². The number of hydrogen-bond acceptors (Lipinski definition) is 4. The van der Waals surface area contributed by atoms with Crippen LogP contribution >= 0.6 is 11.6 Å². The third kappa shape index (κ3) is 5.24. The summed E-state index contributed by atoms with van der Waals surface area (Å²) in [5, 5.41) is 3.14. The molecule has 0 radical (unpaired) electrons. The monoisotopic (exact) mass is 312 g/mol. The van der Waals surface area contributed by atoms with Gasteiger partial charge in [0.25, 0.3) is 5.91 Å². The standard InChI is InChI=1S/C14H17ClN2O4/c15-11-1-3-12(4-2-11)21-10-13(18)16-9-14(19)17-5-7-20-8-6-17/h1-4H,5-10H2,(H,16,18). The van der Waals surface area contributed by atoms with Crippen LogP contribution in [0.15, 0.2) is 24.3 Å². The SMILES string of the molecule is O=C(COc1ccc(Cl)cc1)NCC(=O)N1CCOCC1. The number of benzene rings is 1. The van der Waals surface area contributed by atoms with E-state index in [1.54, 1.807) is 29.2 Å². The third-order valence-corrected chi connectivity index (χ3v) is 3.24. The summed E-state index contributed by atoms with van der Waals surface area (Å²) in [6.45, 7) is 2.05. The molecule has 2 amide bonds. The zero-order valence-electron chi connectivity index (χ0n) is 11.5. The maximum atomic E-state index is 11.8. The number of halogens is 1. The van der Waals surface area contributed by atoms with E-state index >= 15 is 0 Å². The molecule has 0 bridgehead atoms. The number of carbonyl (C=O) groups is 2. The van der Waals surface area contributed by atoms with Crippen molar-refractivity contribution < 1.29 is 19.1 Å². The van der Waals surface area contributed by atoms with Crippen LogP contribution in [0.1, 0.15) is 0 Å². The molecule has 21 heavy (non-hydrogen) atoms. The largest absolute Gasteiger partial charge is 0.484 e. The Morgan fingerprint density at radius 3 is 2.57 bits per heavy atom. The van der Waals surface area contributed by atoms with Crippen molar-refractivity contribution in [3.8, 4) is 5.75 Å². The molecule has 0 atom stereocenters. The fraction of sp³-hybridized carbons (Fsp3) is 0.429. The molecular formula is C14H17ClN2O4. The molecule has 1 saturated heterocycles. The highest BCUT2D eigenvalue weighted by Gasteiger charge is 2.17. The van der Waals surface area contributed by atoms with Gasteiger partial charge in [-0.1, -0.05) is 11.6 Å². The number of morpholine rings is 1. The second-order valence-electron chi connectivity index (χ2n) is 4.51. The Balaban J connectivity index is 1.67. The molecule has 1 heterocycles. The zero-order chi connectivity index (χ0) is 15.1. The highest BCUT2D eigenvalue weighted by atomic mass is 35.5. The van der Waals surface area contributed by atoms with Gasteiger partial charge in [0.05, 0.1) is 19.8 Å². The highest BCUT2D eigenvalue weighted by Crippen LogP contribution is 2.15. The molecule has 7 heteroatoms. The van der Waals surface area contributed by atoms with Crippen LogP contribution in [-0.4, -0.2) is 56.2 Å². The van der Waals surface area contributed by atoms with Gasteiger partial charge in [-0.2, -0.15) is 0 Å². The Labute approximate surface area is 128 Å². The van der Waals surface area contributed by atoms with Gasteiger partial charge in [-0.15, -0.1) is 0 Å². The van der Waals surface area contributed by atoms with E-state index in [9.17, 15) is 9.59 Å². The second kappa shape index (κ2) is 7.85. The van der Waals surface area contributed by atoms with Crippen molar-refractivity contribution >= 4 is 23.4 Å². The highest BCUT2D eigenvalue weighted by molar-refractivity contribution is 6.30. The summed E-state index contributed by atoms with van der Waals surface area (Å²) in [6.07, 6.45) is 0. The Morgan fingerprint density at radius 1 is 1.24 bits per heavy atom. The predicted molar refractivity (Wildman–Crippen MR) is 77.4 cm³/mol. The van der Waals surface area contributed by atoms with Gasteiger partial charge >= 0.3 is 0 Å². The Bertz CT molecular complexity index is 486. The molecular weight excluding hydrogens is 296 g/mol. The lowest BCUT2D eigenvalue weighted by Gasteiger charge is -2.26. The van der Waals surface area contributed by atoms with Crippen molar-refractivity contribution in [2.75, 3.05) is 39.5 Å². The number of rotatable bonds is 5. The molecule has 0 aromatic heterocycles. The number of amides is 2. The Morgan fingerprint density at radius 2 is 1.90 bits per heavy atom. The molecule has 114 valence electrons. The molecule has 1 aliphatic heterocycles. The fourth-order valence-electron chi connectivity index (χ4n) is 1.83. The predicted octanol–water partition coefficient (Wildman–Crippen LogP) is 0.694. The van der Waals surface area contributed by atoms with Gasteiger partial charge in [-0.3, -0.25) is 9.59 Å². The lowest BCUT2D eigenvalue weighted by atomic mass is 10.3. The second-order valence-corrected chi connectivity index (χ2v) is 4.95. The fourth-order valence-corrected chi connectivity index (χ4v) is 1.96. The zero-order valence-corrected chi connectivity index (χ0v) is 12.3. The molecule has 0 saturated carbocycles. The summed E-state index contributed by atoms with van der Waals surface area (Å²) in [4.78, 5) is 25.1. The van der Waals surface area contributed by atoms with Gasteiger partial charge in [-0.05, 0) is 24.3 Å². The van der Waals surface area contributed by atoms with Crippen molar-refractivity contribution in [1.29, 1.82) is 0 Å². The van der Waals surface area contributed by atoms with Gasteiger partial charge in [0.1, 0.15) is 5.75 Å². The molecule has 0 aliphatic carbocycles. The van der Waals surface area contributed by atoms with Crippen LogP contribution in [0.3, 0.4) is 0 Å². The van der Waals surface area contributed by atoms with E-state index in [1.807, 2.05) is 0 Å². The van der Waals surface area contributed by atoms with E-state index in [4.69, 9.17) is 21.1 Å². The normalized spacial score (nSPS) is 14.6. The number of nitrogens with one attached hydrogen (secondary N) is 1. The molecule has 6 nitrogen and oxygen atoms in total. The Kier molecular flexibility index (Phi) is 5.83. The quantitative estimate of drug-likeness (QED) is 0.869. The third-order valence-electron chi connectivity index (χ3n) is 2.98. The minimum Gasteiger partial charge on any atom is -0.484 e. The molecule has 1 aliphatic rings. The van der Waals surface area contributed by atoms with E-state index in [-0.39, 0.29) is 25.0 Å².